The second kappa shape index (κ2) is 9.33. The number of benzene rings is 1. The van der Waals surface area contributed by atoms with Crippen LogP contribution < -0.4 is 15.8 Å². The van der Waals surface area contributed by atoms with Crippen LogP contribution in [-0.2, 0) is 13.0 Å². The molecule has 33 heavy (non-hydrogen) atoms. The first-order valence-corrected chi connectivity index (χ1v) is 11.1. The third-order valence-corrected chi connectivity index (χ3v) is 6.96. The third-order valence-electron chi connectivity index (χ3n) is 6.96. The molecule has 7 nitrogen and oxygen atoms in total. The minimum absolute atomic E-state index is 0. The molecule has 2 fully saturated rings. The molecule has 0 bridgehead atoms. The van der Waals surface area contributed by atoms with Crippen molar-refractivity contribution in [1.82, 2.24) is 24.5 Å². The van der Waals surface area contributed by atoms with Gasteiger partial charge < -0.3 is 14.6 Å². The summed E-state index contributed by atoms with van der Waals surface area (Å²) in [4.78, 5) is 20.5. The molecule has 0 radical (unpaired) electrons. The molecule has 1 N–H and O–H groups in total. The number of anilines is 1. The minimum atomic E-state index is -0.0117. The summed E-state index contributed by atoms with van der Waals surface area (Å²) < 4.78 is 3.60. The number of halogens is 2. The number of hydrogen-bond donors (Lipinski definition) is 1. The van der Waals surface area contributed by atoms with Gasteiger partial charge in [-0.25, -0.2) is 9.67 Å². The van der Waals surface area contributed by atoms with Gasteiger partial charge in [-0.1, -0.05) is 18.2 Å². The van der Waals surface area contributed by atoms with E-state index in [2.05, 4.69) is 26.4 Å². The Balaban J connectivity index is 0.00000130. The molecule has 2 aliphatic rings. The van der Waals surface area contributed by atoms with E-state index in [-0.39, 0.29) is 30.4 Å². The standard InChI is InChI=1S/C24H26N6O.2ClH/c31-23-22-18(4-3-5-20(22)29-13-9-24(17-29)8-10-25-16-24)14-26-30(23)12-7-19-15-28-11-2-1-6-21(28)27-19;;/h1-6,11,14-15,25H,7-10,12-13,16-17H2;2*1H. The topological polar surface area (TPSA) is 67.5 Å². The van der Waals surface area contributed by atoms with E-state index in [1.54, 1.807) is 4.68 Å². The summed E-state index contributed by atoms with van der Waals surface area (Å²) >= 11 is 0. The normalized spacial score (nSPS) is 19.8. The molecule has 0 amide bonds. The van der Waals surface area contributed by atoms with Crippen LogP contribution in [0, 0.1) is 5.41 Å². The lowest BCUT2D eigenvalue weighted by Crippen LogP contribution is -2.30. The number of nitrogens with zero attached hydrogens (tertiary/aromatic N) is 5. The molecular weight excluding hydrogens is 459 g/mol. The first kappa shape index (κ1) is 23.5. The largest absolute Gasteiger partial charge is 0.370 e. The van der Waals surface area contributed by atoms with Crippen LogP contribution in [0.15, 0.2) is 59.8 Å². The molecule has 1 atom stereocenters. The summed E-state index contributed by atoms with van der Waals surface area (Å²) in [5.74, 6) is 0. The van der Waals surface area contributed by atoms with Crippen LogP contribution in [0.5, 0.6) is 0 Å². The van der Waals surface area contributed by atoms with Crippen molar-refractivity contribution in [3.05, 3.63) is 71.0 Å². The second-order valence-electron chi connectivity index (χ2n) is 8.96. The molecule has 1 aromatic carbocycles. The highest BCUT2D eigenvalue weighted by Crippen LogP contribution is 2.39. The Morgan fingerprint density at radius 2 is 2.00 bits per heavy atom. The molecule has 0 aliphatic carbocycles. The molecule has 5 heterocycles. The molecule has 1 spiro atoms. The third kappa shape index (κ3) is 4.21. The van der Waals surface area contributed by atoms with Gasteiger partial charge in [-0.05, 0) is 37.6 Å². The number of imidazole rings is 1. The summed E-state index contributed by atoms with van der Waals surface area (Å²) in [6, 6.07) is 12.1. The summed E-state index contributed by atoms with van der Waals surface area (Å²) in [5, 5.41) is 9.67. The van der Waals surface area contributed by atoms with Gasteiger partial charge in [-0.3, -0.25) is 4.79 Å². The van der Waals surface area contributed by atoms with Crippen molar-refractivity contribution < 1.29 is 0 Å². The molecule has 174 valence electrons. The average molecular weight is 487 g/mol. The Bertz CT molecular complexity index is 1290. The van der Waals surface area contributed by atoms with Gasteiger partial charge in [-0.15, -0.1) is 24.8 Å². The van der Waals surface area contributed by atoms with Crippen LogP contribution in [0.1, 0.15) is 18.5 Å². The summed E-state index contributed by atoms with van der Waals surface area (Å²) in [6.07, 6.45) is 8.91. The van der Waals surface area contributed by atoms with Gasteiger partial charge in [0.15, 0.2) is 0 Å². The summed E-state index contributed by atoms with van der Waals surface area (Å²) in [5.41, 5.74) is 3.28. The minimum Gasteiger partial charge on any atom is -0.370 e. The Kier molecular flexibility index (Phi) is 6.66. The molecule has 6 rings (SSSR count). The van der Waals surface area contributed by atoms with E-state index in [0.29, 0.717) is 18.4 Å². The Hall–Kier alpha value is -2.61. The van der Waals surface area contributed by atoms with Crippen molar-refractivity contribution >= 4 is 46.9 Å². The maximum absolute atomic E-state index is 13.4. The number of pyridine rings is 1. The monoisotopic (exact) mass is 486 g/mol. The zero-order chi connectivity index (χ0) is 20.8. The van der Waals surface area contributed by atoms with E-state index in [1.165, 1.54) is 12.8 Å². The number of aryl methyl sites for hydroxylation is 2. The van der Waals surface area contributed by atoms with E-state index in [9.17, 15) is 4.79 Å². The fourth-order valence-electron chi connectivity index (χ4n) is 5.25. The number of nitrogens with one attached hydrogen (secondary N) is 1. The van der Waals surface area contributed by atoms with Crippen LogP contribution in [0.2, 0.25) is 0 Å². The van der Waals surface area contributed by atoms with Gasteiger partial charge in [0.25, 0.3) is 5.56 Å². The number of hydrogen-bond acceptors (Lipinski definition) is 5. The lowest BCUT2D eigenvalue weighted by Gasteiger charge is -2.25. The fraction of sp³-hybridized carbons (Fsp3) is 0.375. The summed E-state index contributed by atoms with van der Waals surface area (Å²) in [7, 11) is 0. The number of aromatic nitrogens is 4. The van der Waals surface area contributed by atoms with Gasteiger partial charge in [0.2, 0.25) is 0 Å². The highest BCUT2D eigenvalue weighted by atomic mass is 35.5. The van der Waals surface area contributed by atoms with Crippen molar-refractivity contribution in [1.29, 1.82) is 0 Å². The molecule has 9 heteroatoms. The fourth-order valence-corrected chi connectivity index (χ4v) is 5.25. The maximum Gasteiger partial charge on any atom is 0.276 e. The summed E-state index contributed by atoms with van der Waals surface area (Å²) in [6.45, 7) is 4.72. The predicted molar refractivity (Wildman–Crippen MR) is 136 cm³/mol. The maximum atomic E-state index is 13.4. The van der Waals surface area contributed by atoms with Crippen LogP contribution in [0.4, 0.5) is 5.69 Å². The molecule has 4 aromatic rings. The van der Waals surface area contributed by atoms with Crippen molar-refractivity contribution in [2.45, 2.75) is 25.8 Å². The first-order chi connectivity index (χ1) is 15.2. The molecule has 0 saturated carbocycles. The molecular formula is C24H28Cl2N6O. The Labute approximate surface area is 204 Å². The van der Waals surface area contributed by atoms with Crippen LogP contribution >= 0.6 is 24.8 Å². The van der Waals surface area contributed by atoms with Gasteiger partial charge in [0.1, 0.15) is 5.65 Å². The number of fused-ring (bicyclic) bond motifs is 2. The van der Waals surface area contributed by atoms with E-state index in [0.717, 1.165) is 54.0 Å². The van der Waals surface area contributed by atoms with Gasteiger partial charge >= 0.3 is 0 Å². The highest BCUT2D eigenvalue weighted by molar-refractivity contribution is 5.93. The van der Waals surface area contributed by atoms with E-state index >= 15 is 0 Å². The Morgan fingerprint density at radius 3 is 2.82 bits per heavy atom. The Morgan fingerprint density at radius 1 is 1.09 bits per heavy atom. The van der Waals surface area contributed by atoms with Gasteiger partial charge in [-0.2, -0.15) is 5.10 Å². The lowest BCUT2D eigenvalue weighted by molar-refractivity contribution is 0.369. The zero-order valence-electron chi connectivity index (χ0n) is 18.3. The van der Waals surface area contributed by atoms with Crippen molar-refractivity contribution in [2.75, 3.05) is 31.1 Å². The molecule has 2 saturated heterocycles. The number of rotatable bonds is 4. The quantitative estimate of drug-likeness (QED) is 0.479. The van der Waals surface area contributed by atoms with Crippen LogP contribution in [0.3, 0.4) is 0 Å². The van der Waals surface area contributed by atoms with Crippen LogP contribution in [0.25, 0.3) is 16.4 Å². The SMILES string of the molecule is Cl.Cl.O=c1c2c(N3CCC4(CCNC4)C3)cccc2cnn1CCc1cn2ccccc2n1. The molecule has 1 unspecified atom stereocenters. The van der Waals surface area contributed by atoms with E-state index in [4.69, 9.17) is 0 Å². The first-order valence-electron chi connectivity index (χ1n) is 11.1. The van der Waals surface area contributed by atoms with Crippen molar-refractivity contribution in [3.8, 4) is 0 Å². The van der Waals surface area contributed by atoms with Crippen molar-refractivity contribution in [2.24, 2.45) is 5.41 Å². The highest BCUT2D eigenvalue weighted by Gasteiger charge is 2.40. The lowest BCUT2D eigenvalue weighted by atomic mass is 9.86. The second-order valence-corrected chi connectivity index (χ2v) is 8.96. The van der Waals surface area contributed by atoms with Crippen LogP contribution in [-0.4, -0.2) is 45.3 Å². The molecule has 3 aromatic heterocycles. The van der Waals surface area contributed by atoms with E-state index in [1.807, 2.05) is 53.3 Å². The zero-order valence-corrected chi connectivity index (χ0v) is 19.9. The average Bonchev–Trinajstić information content (AvgIpc) is 3.53. The molecule has 2 aliphatic heterocycles. The smallest absolute Gasteiger partial charge is 0.276 e. The van der Waals surface area contributed by atoms with Gasteiger partial charge in [0.05, 0.1) is 29.5 Å². The van der Waals surface area contributed by atoms with E-state index < -0.39 is 0 Å². The van der Waals surface area contributed by atoms with Gasteiger partial charge in [0, 0.05) is 49.2 Å². The van der Waals surface area contributed by atoms with Crippen molar-refractivity contribution in [3.63, 3.8) is 0 Å². The predicted octanol–water partition coefficient (Wildman–Crippen LogP) is 3.32.